The smallest absolute Gasteiger partial charge is 0.125 e. The Bertz CT molecular complexity index is 1750. The van der Waals surface area contributed by atoms with Crippen molar-refractivity contribution in [2.45, 2.75) is 80.8 Å². The Morgan fingerprint density at radius 1 is 0.783 bits per heavy atom. The Morgan fingerprint density at radius 2 is 1.48 bits per heavy atom. The van der Waals surface area contributed by atoms with Gasteiger partial charge in [-0.25, -0.2) is 0 Å². The molecule has 10 rings (SSSR count). The minimum atomic E-state index is -0.536. The third-order valence-electron chi connectivity index (χ3n) is 14.3. The van der Waals surface area contributed by atoms with E-state index in [-0.39, 0.29) is 16.7 Å². The first-order valence-corrected chi connectivity index (χ1v) is 18.0. The summed E-state index contributed by atoms with van der Waals surface area (Å²) in [5.41, 5.74) is 12.1. The van der Waals surface area contributed by atoms with Gasteiger partial charge in [0.15, 0.2) is 0 Å². The van der Waals surface area contributed by atoms with Gasteiger partial charge >= 0.3 is 0 Å². The first-order valence-electron chi connectivity index (χ1n) is 18.0. The van der Waals surface area contributed by atoms with Gasteiger partial charge in [0.25, 0.3) is 0 Å². The van der Waals surface area contributed by atoms with Crippen LogP contribution in [0.25, 0.3) is 0 Å². The summed E-state index contributed by atoms with van der Waals surface area (Å²) in [6.07, 6.45) is 12.5. The lowest BCUT2D eigenvalue weighted by Crippen LogP contribution is -2.50. The van der Waals surface area contributed by atoms with E-state index in [1.807, 2.05) is 21.3 Å². The summed E-state index contributed by atoms with van der Waals surface area (Å²) in [6.45, 7) is 5.84. The predicted octanol–water partition coefficient (Wildman–Crippen LogP) is 7.64. The topological polar surface area (TPSA) is 40.2 Å². The van der Waals surface area contributed by atoms with Crippen LogP contribution in [0.15, 0.2) is 76.6 Å². The zero-order valence-electron chi connectivity index (χ0n) is 27.9. The molecule has 0 spiro atoms. The highest BCUT2D eigenvalue weighted by molar-refractivity contribution is 5.83. The molecule has 46 heavy (non-hydrogen) atoms. The first kappa shape index (κ1) is 28.2. The molecule has 5 heteroatoms. The van der Waals surface area contributed by atoms with Crippen molar-refractivity contribution in [2.75, 3.05) is 52.5 Å². The average Bonchev–Trinajstić information content (AvgIpc) is 3.84. The number of fused-ring (bicyclic) bond motifs is 6. The van der Waals surface area contributed by atoms with Crippen LogP contribution in [-0.2, 0) is 30.0 Å². The van der Waals surface area contributed by atoms with Crippen LogP contribution in [0, 0.1) is 24.2 Å². The van der Waals surface area contributed by atoms with Crippen LogP contribution < -0.4 is 4.90 Å². The van der Waals surface area contributed by atoms with Crippen LogP contribution in [0.3, 0.4) is 0 Å². The molecular weight excluding hydrogens is 570 g/mol. The second-order valence-corrected chi connectivity index (χ2v) is 15.4. The highest BCUT2D eigenvalue weighted by Crippen LogP contribution is 2.87. The molecule has 1 aliphatic heterocycles. The molecule has 2 aromatic rings. The Balaban J connectivity index is 1.29. The van der Waals surface area contributed by atoms with E-state index < -0.39 is 11.2 Å². The van der Waals surface area contributed by atoms with Crippen LogP contribution in [0.1, 0.15) is 79.5 Å². The summed E-state index contributed by atoms with van der Waals surface area (Å²) >= 11 is 0. The standard InChI is InChI=1S/C41H47NO4/c1-25-22-29-28(24-31(25)42-18-20-46-21-19-42)38-16-10-8-14-32(38)40(29,44-3)37-36(38)39-17-11-9-15-33(39)41(37,45-4)34-30(39)23-27(35(34)43-2)26-12-6-5-7-13-26/h5-7,12-13,22-24,27,32-33H,8-11,14-21H2,1-4H3/t27-,32?,33?,38+,39-,40+,41+/m0/s1. The quantitative estimate of drug-likeness (QED) is 0.323. The number of aryl methyl sites for hydroxylation is 1. The lowest BCUT2D eigenvalue weighted by atomic mass is 9.53. The molecule has 8 aliphatic rings. The summed E-state index contributed by atoms with van der Waals surface area (Å²) in [7, 11) is 5.90. The number of hydrogen-bond acceptors (Lipinski definition) is 5. The fourth-order valence-electron chi connectivity index (χ4n) is 13.1. The maximum absolute atomic E-state index is 7.21. The SMILES string of the molecule is COC1=C2C(=C[C@H]1c1ccccc1)[C@@]13CCCCC1[C@]2(OC)C1=C3[C@@]23CCCCC2[C@]1(OC)c1cc(C)c(N2CCOCC2)cc13. The molecule has 2 unspecified atom stereocenters. The third kappa shape index (κ3) is 2.83. The van der Waals surface area contributed by atoms with Gasteiger partial charge in [-0.3, -0.25) is 0 Å². The molecule has 7 atom stereocenters. The molecule has 4 bridgehead atoms. The van der Waals surface area contributed by atoms with Crippen molar-refractivity contribution in [3.8, 4) is 0 Å². The van der Waals surface area contributed by atoms with Gasteiger partial charge in [-0.05, 0) is 72.1 Å². The maximum Gasteiger partial charge on any atom is 0.125 e. The van der Waals surface area contributed by atoms with Gasteiger partial charge in [0.05, 0.1) is 26.2 Å². The summed E-state index contributed by atoms with van der Waals surface area (Å²) in [5.74, 6) is 1.99. The number of morpholine rings is 1. The molecular formula is C41H47NO4. The van der Waals surface area contributed by atoms with E-state index in [0.717, 1.165) is 32.1 Å². The van der Waals surface area contributed by atoms with Crippen molar-refractivity contribution in [1.29, 1.82) is 0 Å². The van der Waals surface area contributed by atoms with Crippen molar-refractivity contribution in [2.24, 2.45) is 17.3 Å². The van der Waals surface area contributed by atoms with Gasteiger partial charge < -0.3 is 23.8 Å². The van der Waals surface area contributed by atoms with Crippen molar-refractivity contribution < 1.29 is 18.9 Å². The van der Waals surface area contributed by atoms with Gasteiger partial charge in [0.1, 0.15) is 17.0 Å². The Morgan fingerprint density at radius 3 is 2.17 bits per heavy atom. The zero-order chi connectivity index (χ0) is 31.1. The van der Waals surface area contributed by atoms with E-state index in [9.17, 15) is 0 Å². The maximum atomic E-state index is 7.21. The molecule has 4 fully saturated rings. The number of benzene rings is 2. The molecule has 3 saturated carbocycles. The molecule has 1 heterocycles. The normalized spacial score (nSPS) is 39.7. The number of nitrogens with zero attached hydrogens (tertiary/aromatic N) is 1. The van der Waals surface area contributed by atoms with E-state index >= 15 is 0 Å². The van der Waals surface area contributed by atoms with E-state index in [0.29, 0.717) is 11.8 Å². The Kier molecular flexibility index (Phi) is 5.75. The van der Waals surface area contributed by atoms with Gasteiger partial charge in [0.2, 0.25) is 0 Å². The van der Waals surface area contributed by atoms with Crippen molar-refractivity contribution in [3.05, 3.63) is 98.8 Å². The highest BCUT2D eigenvalue weighted by Gasteiger charge is 2.85. The minimum Gasteiger partial charge on any atom is -0.500 e. The number of rotatable bonds is 5. The van der Waals surface area contributed by atoms with Crippen LogP contribution in [0.4, 0.5) is 5.69 Å². The second kappa shape index (κ2) is 9.39. The van der Waals surface area contributed by atoms with E-state index in [1.165, 1.54) is 90.5 Å². The first-order chi connectivity index (χ1) is 22.6. The lowest BCUT2D eigenvalue weighted by Gasteiger charge is -2.50. The third-order valence-corrected chi connectivity index (χ3v) is 14.3. The molecule has 5 nitrogen and oxygen atoms in total. The molecule has 1 saturated heterocycles. The largest absolute Gasteiger partial charge is 0.500 e. The molecule has 7 aliphatic carbocycles. The summed E-state index contributed by atoms with van der Waals surface area (Å²) in [6, 6.07) is 16.1. The summed E-state index contributed by atoms with van der Waals surface area (Å²) < 4.78 is 26.7. The summed E-state index contributed by atoms with van der Waals surface area (Å²) in [5, 5.41) is 0. The monoisotopic (exact) mass is 617 g/mol. The number of allylic oxidation sites excluding steroid dienone is 2. The van der Waals surface area contributed by atoms with E-state index in [4.69, 9.17) is 18.9 Å². The Hall–Kier alpha value is -2.86. The molecule has 0 aromatic heterocycles. The van der Waals surface area contributed by atoms with Crippen molar-refractivity contribution in [3.63, 3.8) is 0 Å². The Labute approximate surface area is 273 Å². The van der Waals surface area contributed by atoms with Crippen LogP contribution in [0.5, 0.6) is 0 Å². The molecule has 0 N–H and O–H groups in total. The second-order valence-electron chi connectivity index (χ2n) is 15.4. The van der Waals surface area contributed by atoms with Gasteiger partial charge in [0, 0.05) is 66.8 Å². The minimum absolute atomic E-state index is 0.0199. The van der Waals surface area contributed by atoms with Crippen molar-refractivity contribution in [1.82, 2.24) is 0 Å². The molecule has 0 radical (unpaired) electrons. The number of anilines is 1. The van der Waals surface area contributed by atoms with Gasteiger partial charge in [-0.1, -0.05) is 68.2 Å². The van der Waals surface area contributed by atoms with Crippen LogP contribution >= 0.6 is 0 Å². The van der Waals surface area contributed by atoms with Crippen LogP contribution in [-0.4, -0.2) is 53.2 Å². The van der Waals surface area contributed by atoms with Crippen LogP contribution in [0.2, 0.25) is 0 Å². The number of methoxy groups -OCH3 is 3. The number of ether oxygens (including phenoxy) is 4. The molecule has 0 amide bonds. The van der Waals surface area contributed by atoms with E-state index in [2.05, 4.69) is 60.4 Å². The fourth-order valence-corrected chi connectivity index (χ4v) is 13.1. The molecule has 2 aromatic carbocycles. The van der Waals surface area contributed by atoms with Gasteiger partial charge in [-0.15, -0.1) is 0 Å². The zero-order valence-corrected chi connectivity index (χ0v) is 27.9. The fraction of sp³-hybridized carbons (Fsp3) is 0.561. The van der Waals surface area contributed by atoms with Gasteiger partial charge in [-0.2, -0.15) is 0 Å². The lowest BCUT2D eigenvalue weighted by molar-refractivity contribution is -0.0883. The molecule has 240 valence electrons. The summed E-state index contributed by atoms with van der Waals surface area (Å²) in [4.78, 5) is 2.57. The van der Waals surface area contributed by atoms with Crippen molar-refractivity contribution >= 4 is 5.69 Å². The highest BCUT2D eigenvalue weighted by atomic mass is 16.5. The predicted molar refractivity (Wildman–Crippen MR) is 179 cm³/mol. The number of hydrogen-bond donors (Lipinski definition) is 0. The average molecular weight is 618 g/mol. The van der Waals surface area contributed by atoms with E-state index in [1.54, 1.807) is 11.1 Å².